The van der Waals surface area contributed by atoms with E-state index in [-0.39, 0.29) is 0 Å². The van der Waals surface area contributed by atoms with Gasteiger partial charge < -0.3 is 4.98 Å². The lowest BCUT2D eigenvalue weighted by molar-refractivity contribution is 0.775. The third-order valence-electron chi connectivity index (χ3n) is 2.80. The van der Waals surface area contributed by atoms with Gasteiger partial charge in [0.2, 0.25) is 0 Å². The van der Waals surface area contributed by atoms with E-state index < -0.39 is 0 Å². The first-order valence-corrected chi connectivity index (χ1v) is 6.11. The molecule has 3 rings (SSSR count). The number of nitrogens with zero attached hydrogens (tertiary/aromatic N) is 3. The van der Waals surface area contributed by atoms with Crippen molar-refractivity contribution < 1.29 is 0 Å². The number of aromatic nitrogens is 4. The van der Waals surface area contributed by atoms with Gasteiger partial charge in [-0.2, -0.15) is 0 Å². The van der Waals surface area contributed by atoms with E-state index in [2.05, 4.69) is 15.0 Å². The van der Waals surface area contributed by atoms with E-state index in [9.17, 15) is 0 Å². The third-order valence-corrected chi connectivity index (χ3v) is 3.13. The van der Waals surface area contributed by atoms with Gasteiger partial charge in [0.15, 0.2) is 10.4 Å². The average molecular weight is 256 g/mol. The Hall–Kier alpha value is -2.01. The summed E-state index contributed by atoms with van der Waals surface area (Å²) in [5.41, 5.74) is 3.79. The highest BCUT2D eigenvalue weighted by atomic mass is 32.1. The van der Waals surface area contributed by atoms with Crippen LogP contribution in [0.2, 0.25) is 0 Å². The summed E-state index contributed by atoms with van der Waals surface area (Å²) >= 11 is 5.33. The topological polar surface area (TPSA) is 46.5 Å². The van der Waals surface area contributed by atoms with E-state index in [1.807, 2.05) is 41.8 Å². The highest BCUT2D eigenvalue weighted by Gasteiger charge is 2.06. The van der Waals surface area contributed by atoms with Crippen LogP contribution in [0.4, 0.5) is 0 Å². The smallest absolute Gasteiger partial charge is 0.179 e. The number of rotatable bonds is 2. The summed E-state index contributed by atoms with van der Waals surface area (Å²) < 4.78 is 2.65. The Labute approximate surface area is 109 Å². The second kappa shape index (κ2) is 4.34. The van der Waals surface area contributed by atoms with Gasteiger partial charge in [-0.1, -0.05) is 6.07 Å². The van der Waals surface area contributed by atoms with Gasteiger partial charge in [0.05, 0.1) is 17.8 Å². The zero-order valence-electron chi connectivity index (χ0n) is 9.92. The summed E-state index contributed by atoms with van der Waals surface area (Å²) in [6, 6.07) is 9.83. The largest absolute Gasteiger partial charge is 0.329 e. The molecule has 4 nitrogen and oxygen atoms in total. The van der Waals surface area contributed by atoms with Gasteiger partial charge in [-0.3, -0.25) is 9.55 Å². The molecule has 0 saturated heterocycles. The molecule has 0 aliphatic rings. The van der Waals surface area contributed by atoms with Crippen LogP contribution in [0, 0.1) is 11.7 Å². The number of H-pyrrole nitrogens is 1. The van der Waals surface area contributed by atoms with Crippen molar-refractivity contribution in [3.63, 3.8) is 0 Å². The molecule has 18 heavy (non-hydrogen) atoms. The van der Waals surface area contributed by atoms with Crippen LogP contribution in [0.15, 0.2) is 36.5 Å². The van der Waals surface area contributed by atoms with Gasteiger partial charge in [0.25, 0.3) is 0 Å². The first-order valence-electron chi connectivity index (χ1n) is 5.70. The summed E-state index contributed by atoms with van der Waals surface area (Å²) in [6.45, 7) is 2.61. The van der Waals surface area contributed by atoms with Crippen molar-refractivity contribution in [2.45, 2.75) is 13.5 Å². The Morgan fingerprint density at radius 2 is 2.17 bits per heavy atom. The molecule has 0 aliphatic heterocycles. The molecule has 90 valence electrons. The lowest BCUT2D eigenvalue weighted by Crippen LogP contribution is -2.02. The Kier molecular flexibility index (Phi) is 2.68. The van der Waals surface area contributed by atoms with Crippen LogP contribution in [0.3, 0.4) is 0 Å². The Morgan fingerprint density at radius 1 is 1.28 bits per heavy atom. The molecule has 0 spiro atoms. The van der Waals surface area contributed by atoms with Crippen LogP contribution in [0.5, 0.6) is 0 Å². The molecule has 0 radical (unpaired) electrons. The minimum atomic E-state index is 0.635. The zero-order valence-corrected chi connectivity index (χ0v) is 10.7. The van der Waals surface area contributed by atoms with Gasteiger partial charge in [0.1, 0.15) is 0 Å². The average Bonchev–Trinajstić information content (AvgIpc) is 2.67. The lowest BCUT2D eigenvalue weighted by Gasteiger charge is -2.03. The fourth-order valence-corrected chi connectivity index (χ4v) is 2.19. The second-order valence-corrected chi connectivity index (χ2v) is 4.55. The Morgan fingerprint density at radius 3 is 2.94 bits per heavy atom. The molecule has 0 aliphatic carbocycles. The summed E-state index contributed by atoms with van der Waals surface area (Å²) in [5.74, 6) is 0. The van der Waals surface area contributed by atoms with Crippen LogP contribution >= 0.6 is 12.2 Å². The molecular weight excluding hydrogens is 244 g/mol. The number of imidazole rings is 1. The molecule has 1 N–H and O–H groups in total. The van der Waals surface area contributed by atoms with Crippen LogP contribution in [-0.2, 0) is 6.54 Å². The predicted octanol–water partition coefficient (Wildman–Crippen LogP) is 2.85. The zero-order chi connectivity index (χ0) is 12.5. The maximum absolute atomic E-state index is 5.33. The molecule has 0 unspecified atom stereocenters. The van der Waals surface area contributed by atoms with Gasteiger partial charge >= 0.3 is 0 Å². The number of aromatic amines is 1. The van der Waals surface area contributed by atoms with Crippen molar-refractivity contribution in [2.75, 3.05) is 0 Å². The molecular formula is C13H12N4S. The molecule has 3 aromatic heterocycles. The summed E-state index contributed by atoms with van der Waals surface area (Å²) in [6.07, 6.45) is 1.78. The SMILES string of the molecule is Cc1ccc2[nH]c(=S)n(Cc3ccccn3)c2n1. The molecule has 0 aromatic carbocycles. The van der Waals surface area contributed by atoms with E-state index in [1.54, 1.807) is 6.20 Å². The van der Waals surface area contributed by atoms with E-state index in [4.69, 9.17) is 12.2 Å². The lowest BCUT2D eigenvalue weighted by atomic mass is 10.3. The normalized spacial score (nSPS) is 10.9. The first kappa shape index (κ1) is 11.1. The molecule has 0 saturated carbocycles. The summed E-state index contributed by atoms with van der Waals surface area (Å²) in [7, 11) is 0. The third kappa shape index (κ3) is 1.93. The van der Waals surface area contributed by atoms with Crippen LogP contribution < -0.4 is 0 Å². The maximum atomic E-state index is 5.33. The summed E-state index contributed by atoms with van der Waals surface area (Å²) in [5, 5.41) is 0. The summed E-state index contributed by atoms with van der Waals surface area (Å²) in [4.78, 5) is 12.0. The van der Waals surface area contributed by atoms with E-state index in [1.165, 1.54) is 0 Å². The molecule has 3 aromatic rings. The van der Waals surface area contributed by atoms with Gasteiger partial charge in [0, 0.05) is 11.9 Å². The quantitative estimate of drug-likeness (QED) is 0.717. The van der Waals surface area contributed by atoms with Gasteiger partial charge in [-0.05, 0) is 43.4 Å². The molecule has 3 heterocycles. The van der Waals surface area contributed by atoms with Crippen LogP contribution in [0.1, 0.15) is 11.4 Å². The molecule has 0 atom stereocenters. The minimum Gasteiger partial charge on any atom is -0.329 e. The van der Waals surface area contributed by atoms with Crippen molar-refractivity contribution in [3.8, 4) is 0 Å². The number of fused-ring (bicyclic) bond motifs is 1. The monoisotopic (exact) mass is 256 g/mol. The van der Waals surface area contributed by atoms with E-state index >= 15 is 0 Å². The number of aryl methyl sites for hydroxylation is 1. The van der Waals surface area contributed by atoms with Gasteiger partial charge in [-0.15, -0.1) is 0 Å². The molecule has 0 bridgehead atoms. The molecule has 5 heteroatoms. The predicted molar refractivity (Wildman–Crippen MR) is 73.0 cm³/mol. The van der Waals surface area contributed by atoms with Crippen molar-refractivity contribution in [1.82, 2.24) is 19.5 Å². The number of pyridine rings is 2. The minimum absolute atomic E-state index is 0.635. The molecule has 0 amide bonds. The number of hydrogen-bond acceptors (Lipinski definition) is 3. The fraction of sp³-hybridized carbons (Fsp3) is 0.154. The standard InChI is InChI=1S/C13H12N4S/c1-9-5-6-11-12(15-9)17(13(18)16-11)8-10-4-2-3-7-14-10/h2-7H,8H2,1H3,(H,16,18). The first-order chi connectivity index (χ1) is 8.74. The highest BCUT2D eigenvalue weighted by Crippen LogP contribution is 2.13. The maximum Gasteiger partial charge on any atom is 0.179 e. The van der Waals surface area contributed by atoms with E-state index in [0.717, 1.165) is 22.6 Å². The van der Waals surface area contributed by atoms with Crippen molar-refractivity contribution >= 4 is 23.4 Å². The van der Waals surface area contributed by atoms with E-state index in [0.29, 0.717) is 11.3 Å². The van der Waals surface area contributed by atoms with Gasteiger partial charge in [-0.25, -0.2) is 4.98 Å². The highest BCUT2D eigenvalue weighted by molar-refractivity contribution is 7.71. The molecule has 0 fully saturated rings. The Bertz CT molecular complexity index is 743. The van der Waals surface area contributed by atoms with Crippen molar-refractivity contribution in [1.29, 1.82) is 0 Å². The van der Waals surface area contributed by atoms with Crippen LogP contribution in [-0.4, -0.2) is 19.5 Å². The number of hydrogen-bond donors (Lipinski definition) is 1. The van der Waals surface area contributed by atoms with Crippen molar-refractivity contribution in [3.05, 3.63) is 52.7 Å². The van der Waals surface area contributed by atoms with Crippen molar-refractivity contribution in [2.24, 2.45) is 0 Å². The Balaban J connectivity index is 2.14. The fourth-order valence-electron chi connectivity index (χ4n) is 1.93. The second-order valence-electron chi connectivity index (χ2n) is 4.16. The number of nitrogens with one attached hydrogen (secondary N) is 1. The van der Waals surface area contributed by atoms with Crippen LogP contribution in [0.25, 0.3) is 11.2 Å².